The van der Waals surface area contributed by atoms with Crippen LogP contribution in [0.1, 0.15) is 26.3 Å². The molecule has 0 aromatic heterocycles. The van der Waals surface area contributed by atoms with Gasteiger partial charge in [-0.25, -0.2) is 0 Å². The van der Waals surface area contributed by atoms with Gasteiger partial charge >= 0.3 is 182 Å². The summed E-state index contributed by atoms with van der Waals surface area (Å²) in [6.45, 7) is 0. The molecule has 0 saturated carbocycles. The van der Waals surface area contributed by atoms with E-state index < -0.39 is 0 Å². The third-order valence-electron chi connectivity index (χ3n) is 4.68. The van der Waals surface area contributed by atoms with Crippen LogP contribution in [0.3, 0.4) is 0 Å². The molecular weight excluding hydrogens is 440 g/mol. The maximum atomic E-state index is 13.5. The molecule has 4 aromatic carbocycles. The zero-order chi connectivity index (χ0) is 20.8. The Kier molecular flexibility index (Phi) is 6.38. The van der Waals surface area contributed by atoms with E-state index in [4.69, 9.17) is 0 Å². The summed E-state index contributed by atoms with van der Waals surface area (Å²) in [5.41, 5.74) is 3.63. The maximum absolute atomic E-state index is 13.5. The Morgan fingerprint density at radius 2 is 1.27 bits per heavy atom. The fourth-order valence-corrected chi connectivity index (χ4v) is 5.89. The normalized spacial score (nSPS) is 11.6. The first kappa shape index (κ1) is 20.1. The number of carbonyl (C=O) groups excluding carboxylic acids is 1. The van der Waals surface area contributed by atoms with Crippen molar-refractivity contribution in [2.24, 2.45) is 0 Å². The molecule has 0 fully saturated rings. The van der Waals surface area contributed by atoms with E-state index in [1.165, 1.54) is 12.1 Å². The van der Waals surface area contributed by atoms with Crippen molar-refractivity contribution in [3.05, 3.63) is 132 Å². The fraction of sp³-hybridized carbons (Fsp3) is 0.0385. The Balaban J connectivity index is 1.67. The Morgan fingerprint density at radius 1 is 0.700 bits per heavy atom. The summed E-state index contributed by atoms with van der Waals surface area (Å²) >= 11 is -0.0796. The molecule has 0 spiro atoms. The number of nitrogens with one attached hydrogen (secondary N) is 1. The van der Waals surface area contributed by atoms with Crippen LogP contribution < -0.4 is 9.78 Å². The van der Waals surface area contributed by atoms with Gasteiger partial charge in [-0.05, 0) is 0 Å². The van der Waals surface area contributed by atoms with Crippen molar-refractivity contribution in [2.75, 3.05) is 5.32 Å². The van der Waals surface area contributed by atoms with Gasteiger partial charge in [0.1, 0.15) is 0 Å². The van der Waals surface area contributed by atoms with Crippen LogP contribution in [0.15, 0.2) is 109 Å². The van der Waals surface area contributed by atoms with Crippen LogP contribution in [0.4, 0.5) is 10.1 Å². The molecular formula is C26H20FNOSe. The Hall–Kier alpha value is -3.20. The standard InChI is InChI=1S/C26H20FNOSe/c27-21-17-15-20(16-18-21)25(19-9-3-1-4-10-19)30-24-14-8-7-13-23(24)26(29)28-22-11-5-2-6-12-22/h1-18,25H,(H,28,29). The molecule has 4 rings (SSSR count). The number of carbonyl (C=O) groups is 1. The van der Waals surface area contributed by atoms with Gasteiger partial charge < -0.3 is 0 Å². The molecule has 1 atom stereocenters. The molecule has 1 amide bonds. The van der Waals surface area contributed by atoms with Crippen molar-refractivity contribution in [1.29, 1.82) is 0 Å². The Labute approximate surface area is 181 Å². The van der Waals surface area contributed by atoms with E-state index in [1.807, 2.05) is 84.9 Å². The van der Waals surface area contributed by atoms with E-state index in [0.717, 1.165) is 21.3 Å². The molecule has 0 bridgehead atoms. The monoisotopic (exact) mass is 461 g/mol. The second-order valence-corrected chi connectivity index (χ2v) is 9.18. The van der Waals surface area contributed by atoms with E-state index in [-0.39, 0.29) is 31.5 Å². The molecule has 1 unspecified atom stereocenters. The van der Waals surface area contributed by atoms with E-state index in [2.05, 4.69) is 17.4 Å². The molecule has 2 nitrogen and oxygen atoms in total. The van der Waals surface area contributed by atoms with E-state index >= 15 is 0 Å². The van der Waals surface area contributed by atoms with Gasteiger partial charge in [0.25, 0.3) is 0 Å². The number of para-hydroxylation sites is 1. The fourth-order valence-electron chi connectivity index (χ4n) is 3.20. The molecule has 148 valence electrons. The summed E-state index contributed by atoms with van der Waals surface area (Å²) in [7, 11) is 0. The van der Waals surface area contributed by atoms with Crippen LogP contribution >= 0.6 is 0 Å². The summed E-state index contributed by atoms with van der Waals surface area (Å²) in [4.78, 5) is 13.1. The molecule has 1 N–H and O–H groups in total. The van der Waals surface area contributed by atoms with Crippen LogP contribution in [0, 0.1) is 5.82 Å². The minimum absolute atomic E-state index is 0.0741. The zero-order valence-electron chi connectivity index (χ0n) is 16.2. The zero-order valence-corrected chi connectivity index (χ0v) is 17.9. The Bertz CT molecular complexity index is 1110. The molecule has 0 aliphatic carbocycles. The molecule has 0 aliphatic heterocycles. The van der Waals surface area contributed by atoms with Crippen molar-refractivity contribution >= 4 is 31.0 Å². The summed E-state index contributed by atoms with van der Waals surface area (Å²) < 4.78 is 14.5. The van der Waals surface area contributed by atoms with Gasteiger partial charge in [0.05, 0.1) is 0 Å². The molecule has 0 aliphatic rings. The van der Waals surface area contributed by atoms with Gasteiger partial charge in [0.15, 0.2) is 0 Å². The third-order valence-corrected chi connectivity index (χ3v) is 7.60. The first-order valence-electron chi connectivity index (χ1n) is 9.63. The van der Waals surface area contributed by atoms with Crippen molar-refractivity contribution in [2.45, 2.75) is 4.82 Å². The number of amides is 1. The first-order valence-corrected chi connectivity index (χ1v) is 11.5. The number of anilines is 1. The third kappa shape index (κ3) is 4.85. The van der Waals surface area contributed by atoms with Gasteiger partial charge in [0, 0.05) is 0 Å². The second-order valence-electron chi connectivity index (χ2n) is 6.78. The van der Waals surface area contributed by atoms with Crippen LogP contribution in [0.5, 0.6) is 0 Å². The number of rotatable bonds is 6. The van der Waals surface area contributed by atoms with Crippen molar-refractivity contribution in [3.63, 3.8) is 0 Å². The van der Waals surface area contributed by atoms with E-state index in [0.29, 0.717) is 5.56 Å². The predicted molar refractivity (Wildman–Crippen MR) is 121 cm³/mol. The van der Waals surface area contributed by atoms with Crippen molar-refractivity contribution in [1.82, 2.24) is 0 Å². The van der Waals surface area contributed by atoms with Crippen LogP contribution in [-0.4, -0.2) is 20.9 Å². The van der Waals surface area contributed by atoms with Crippen LogP contribution in [-0.2, 0) is 0 Å². The van der Waals surface area contributed by atoms with E-state index in [9.17, 15) is 9.18 Å². The van der Waals surface area contributed by atoms with Crippen LogP contribution in [0.2, 0.25) is 0 Å². The molecule has 0 heterocycles. The van der Waals surface area contributed by atoms with Gasteiger partial charge in [-0.1, -0.05) is 0 Å². The quantitative estimate of drug-likeness (QED) is 0.394. The number of hydrogen-bond acceptors (Lipinski definition) is 1. The molecule has 4 heteroatoms. The second kappa shape index (κ2) is 9.53. The predicted octanol–water partition coefficient (Wildman–Crippen LogP) is 5.20. The number of benzene rings is 4. The number of hydrogen-bond donors (Lipinski definition) is 1. The van der Waals surface area contributed by atoms with Crippen molar-refractivity contribution < 1.29 is 9.18 Å². The van der Waals surface area contributed by atoms with Gasteiger partial charge in [-0.15, -0.1) is 0 Å². The molecule has 0 radical (unpaired) electrons. The van der Waals surface area contributed by atoms with Gasteiger partial charge in [0.2, 0.25) is 0 Å². The minimum atomic E-state index is -0.249. The average Bonchev–Trinajstić information content (AvgIpc) is 2.80. The number of halogens is 1. The SMILES string of the molecule is O=C(Nc1ccccc1)c1ccccc1[Se]C(c1ccccc1)c1ccc(F)cc1. The van der Waals surface area contributed by atoms with Gasteiger partial charge in [-0.3, -0.25) is 0 Å². The van der Waals surface area contributed by atoms with Crippen LogP contribution in [0.25, 0.3) is 0 Å². The summed E-state index contributed by atoms with van der Waals surface area (Å²) in [5.74, 6) is -0.370. The molecule has 4 aromatic rings. The summed E-state index contributed by atoms with van der Waals surface area (Å²) in [6.07, 6.45) is 0. The molecule has 0 saturated heterocycles. The van der Waals surface area contributed by atoms with Crippen molar-refractivity contribution in [3.8, 4) is 0 Å². The van der Waals surface area contributed by atoms with Gasteiger partial charge in [-0.2, -0.15) is 0 Å². The summed E-state index contributed by atoms with van der Waals surface area (Å²) in [5, 5.41) is 2.98. The van der Waals surface area contributed by atoms with E-state index in [1.54, 1.807) is 0 Å². The average molecular weight is 460 g/mol. The molecule has 30 heavy (non-hydrogen) atoms. The summed E-state index contributed by atoms with van der Waals surface area (Å²) in [6, 6.07) is 34.0. The Morgan fingerprint density at radius 3 is 1.97 bits per heavy atom. The topological polar surface area (TPSA) is 29.1 Å². The first-order chi connectivity index (χ1) is 14.7.